The summed E-state index contributed by atoms with van der Waals surface area (Å²) < 4.78 is 26.4. The highest BCUT2D eigenvalue weighted by molar-refractivity contribution is 7.89. The Balaban J connectivity index is 2.30. The van der Waals surface area contributed by atoms with Gasteiger partial charge in [0.1, 0.15) is 10.6 Å². The molecule has 0 spiro atoms. The fourth-order valence-corrected chi connectivity index (χ4v) is 3.60. The zero-order chi connectivity index (χ0) is 15.6. The van der Waals surface area contributed by atoms with E-state index in [2.05, 4.69) is 10.2 Å². The van der Waals surface area contributed by atoms with Crippen LogP contribution in [0.25, 0.3) is 0 Å². The maximum Gasteiger partial charge on any atom is 0.246 e. The summed E-state index contributed by atoms with van der Waals surface area (Å²) in [6.07, 6.45) is 0. The highest BCUT2D eigenvalue weighted by Gasteiger charge is 2.28. The molecule has 0 unspecified atom stereocenters. The van der Waals surface area contributed by atoms with Crippen molar-refractivity contribution in [2.24, 2.45) is 0 Å². The van der Waals surface area contributed by atoms with Crippen LogP contribution in [0.4, 0.5) is 0 Å². The molecule has 0 aliphatic rings. The molecule has 0 amide bonds. The zero-order valence-corrected chi connectivity index (χ0v) is 13.2. The molecule has 0 saturated carbocycles. The Bertz CT molecular complexity index is 726. The van der Waals surface area contributed by atoms with Crippen molar-refractivity contribution >= 4 is 21.6 Å². The maximum atomic E-state index is 12.6. The number of benzene rings is 1. The number of rotatable bonds is 5. The Labute approximate surface area is 128 Å². The van der Waals surface area contributed by atoms with E-state index >= 15 is 0 Å². The van der Waals surface area contributed by atoms with Crippen LogP contribution < -0.4 is 0 Å². The summed E-state index contributed by atoms with van der Waals surface area (Å²) in [5.41, 5.74) is 1.34. The Morgan fingerprint density at radius 1 is 1.33 bits per heavy atom. The van der Waals surface area contributed by atoms with Gasteiger partial charge in [-0.15, -0.1) is 0 Å². The van der Waals surface area contributed by atoms with Crippen LogP contribution in [0.15, 0.2) is 29.2 Å². The lowest BCUT2D eigenvalue weighted by molar-refractivity contribution is 0.273. The Morgan fingerprint density at radius 3 is 2.52 bits per heavy atom. The number of aromatic amines is 1. The molecule has 0 radical (unpaired) electrons. The second-order valence-corrected chi connectivity index (χ2v) is 7.09. The van der Waals surface area contributed by atoms with Gasteiger partial charge in [0, 0.05) is 18.6 Å². The van der Waals surface area contributed by atoms with E-state index in [0.29, 0.717) is 10.7 Å². The van der Waals surface area contributed by atoms with Crippen LogP contribution in [0.1, 0.15) is 17.0 Å². The molecule has 0 aliphatic carbocycles. The Kier molecular flexibility index (Phi) is 4.67. The molecule has 0 aliphatic heterocycles. The fraction of sp³-hybridized carbons (Fsp3) is 0.308. The van der Waals surface area contributed by atoms with Crippen LogP contribution in [-0.2, 0) is 23.2 Å². The molecule has 0 saturated heterocycles. The Hall–Kier alpha value is -1.41. The number of sulfonamides is 1. The number of aliphatic hydroxyl groups excluding tert-OH is 1. The van der Waals surface area contributed by atoms with Gasteiger partial charge in [0.15, 0.2) is 0 Å². The first kappa shape index (κ1) is 16.0. The SMILES string of the molecule is Cc1[nH]nc(CO)c1S(=O)(=O)N(C)Cc1ccc(Cl)cc1. The number of hydrogen-bond donors (Lipinski definition) is 2. The third kappa shape index (κ3) is 3.26. The summed E-state index contributed by atoms with van der Waals surface area (Å²) in [7, 11) is -2.25. The maximum absolute atomic E-state index is 12.6. The Morgan fingerprint density at radius 2 is 1.95 bits per heavy atom. The van der Waals surface area contributed by atoms with Gasteiger partial charge in [-0.3, -0.25) is 5.10 Å². The molecule has 2 aromatic rings. The number of aromatic nitrogens is 2. The van der Waals surface area contributed by atoms with Crippen molar-refractivity contribution in [3.63, 3.8) is 0 Å². The van der Waals surface area contributed by atoms with Crippen LogP contribution in [0, 0.1) is 6.92 Å². The first-order valence-electron chi connectivity index (χ1n) is 6.21. The molecular formula is C13H16ClN3O3S. The number of aliphatic hydroxyl groups is 1. The van der Waals surface area contributed by atoms with Gasteiger partial charge in [-0.25, -0.2) is 8.42 Å². The van der Waals surface area contributed by atoms with E-state index in [4.69, 9.17) is 11.6 Å². The van der Waals surface area contributed by atoms with Gasteiger partial charge >= 0.3 is 0 Å². The number of nitrogens with one attached hydrogen (secondary N) is 1. The van der Waals surface area contributed by atoms with Crippen molar-refractivity contribution in [3.8, 4) is 0 Å². The fourth-order valence-electron chi connectivity index (χ4n) is 2.01. The van der Waals surface area contributed by atoms with Gasteiger partial charge in [0.25, 0.3) is 0 Å². The van der Waals surface area contributed by atoms with Crippen molar-refractivity contribution in [3.05, 3.63) is 46.2 Å². The molecule has 1 aromatic heterocycles. The van der Waals surface area contributed by atoms with Crippen LogP contribution in [0.3, 0.4) is 0 Å². The zero-order valence-electron chi connectivity index (χ0n) is 11.7. The molecule has 8 heteroatoms. The topological polar surface area (TPSA) is 86.3 Å². The molecular weight excluding hydrogens is 314 g/mol. The number of halogens is 1. The minimum atomic E-state index is -3.73. The van der Waals surface area contributed by atoms with E-state index in [1.165, 1.54) is 11.4 Å². The number of aryl methyl sites for hydroxylation is 1. The number of hydrogen-bond acceptors (Lipinski definition) is 4. The molecule has 0 fully saturated rings. The van der Waals surface area contributed by atoms with Crippen LogP contribution >= 0.6 is 11.6 Å². The van der Waals surface area contributed by atoms with E-state index in [1.807, 2.05) is 0 Å². The van der Waals surface area contributed by atoms with Crippen LogP contribution in [0.5, 0.6) is 0 Å². The smallest absolute Gasteiger partial charge is 0.246 e. The molecule has 1 aromatic carbocycles. The molecule has 0 atom stereocenters. The van der Waals surface area contributed by atoms with E-state index in [1.54, 1.807) is 31.2 Å². The van der Waals surface area contributed by atoms with E-state index in [9.17, 15) is 13.5 Å². The summed E-state index contributed by atoms with van der Waals surface area (Å²) >= 11 is 5.81. The highest BCUT2D eigenvalue weighted by atomic mass is 35.5. The van der Waals surface area contributed by atoms with Gasteiger partial charge in [0.05, 0.1) is 12.3 Å². The summed E-state index contributed by atoms with van der Waals surface area (Å²) in [5, 5.41) is 16.2. The van der Waals surface area contributed by atoms with Crippen LogP contribution in [0.2, 0.25) is 5.02 Å². The van der Waals surface area contributed by atoms with Gasteiger partial charge in [0.2, 0.25) is 10.0 Å². The lowest BCUT2D eigenvalue weighted by Gasteiger charge is -2.17. The van der Waals surface area contributed by atoms with Crippen molar-refractivity contribution in [1.29, 1.82) is 0 Å². The first-order valence-corrected chi connectivity index (χ1v) is 8.03. The lowest BCUT2D eigenvalue weighted by Crippen LogP contribution is -2.27. The van der Waals surface area contributed by atoms with Crippen molar-refractivity contribution in [1.82, 2.24) is 14.5 Å². The van der Waals surface area contributed by atoms with Crippen molar-refractivity contribution in [2.75, 3.05) is 7.05 Å². The van der Waals surface area contributed by atoms with Crippen LogP contribution in [-0.4, -0.2) is 35.1 Å². The molecule has 114 valence electrons. The summed E-state index contributed by atoms with van der Waals surface area (Å²) in [6.45, 7) is 1.37. The minimum absolute atomic E-state index is 0.0291. The molecule has 2 rings (SSSR count). The van der Waals surface area contributed by atoms with Gasteiger partial charge in [-0.2, -0.15) is 9.40 Å². The van der Waals surface area contributed by atoms with Gasteiger partial charge in [-0.1, -0.05) is 23.7 Å². The lowest BCUT2D eigenvalue weighted by atomic mass is 10.2. The molecule has 2 N–H and O–H groups in total. The third-order valence-electron chi connectivity index (χ3n) is 3.10. The van der Waals surface area contributed by atoms with Gasteiger partial charge < -0.3 is 5.11 Å². The number of H-pyrrole nitrogens is 1. The standard InChI is InChI=1S/C13H16ClN3O3S/c1-9-13(12(8-18)16-15-9)21(19,20)17(2)7-10-3-5-11(14)6-4-10/h3-6,18H,7-8H2,1-2H3,(H,15,16). The third-order valence-corrected chi connectivity index (χ3v) is 5.36. The molecule has 21 heavy (non-hydrogen) atoms. The largest absolute Gasteiger partial charge is 0.390 e. The van der Waals surface area contributed by atoms with Crippen molar-refractivity contribution < 1.29 is 13.5 Å². The quantitative estimate of drug-likeness (QED) is 0.874. The second-order valence-electron chi connectivity index (χ2n) is 4.67. The monoisotopic (exact) mass is 329 g/mol. The predicted octanol–water partition coefficient (Wildman–Crippen LogP) is 1.68. The minimum Gasteiger partial charge on any atom is -0.390 e. The highest BCUT2D eigenvalue weighted by Crippen LogP contribution is 2.23. The predicted molar refractivity (Wildman–Crippen MR) is 79.4 cm³/mol. The summed E-state index contributed by atoms with van der Waals surface area (Å²) in [5.74, 6) is 0. The van der Waals surface area contributed by atoms with E-state index < -0.39 is 16.6 Å². The average Bonchev–Trinajstić information content (AvgIpc) is 2.83. The molecule has 1 heterocycles. The molecule has 6 nitrogen and oxygen atoms in total. The average molecular weight is 330 g/mol. The van der Waals surface area contributed by atoms with Gasteiger partial charge in [-0.05, 0) is 24.6 Å². The normalized spacial score (nSPS) is 12.0. The second kappa shape index (κ2) is 6.15. The number of nitrogens with zero attached hydrogens (tertiary/aromatic N) is 2. The van der Waals surface area contributed by atoms with Crippen molar-refractivity contribution in [2.45, 2.75) is 25.0 Å². The molecule has 0 bridgehead atoms. The summed E-state index contributed by atoms with van der Waals surface area (Å²) in [6, 6.07) is 6.95. The van der Waals surface area contributed by atoms with E-state index in [-0.39, 0.29) is 17.1 Å². The first-order chi connectivity index (χ1) is 9.86. The van der Waals surface area contributed by atoms with E-state index in [0.717, 1.165) is 5.56 Å². The summed E-state index contributed by atoms with van der Waals surface area (Å²) in [4.78, 5) is 0.0291.